The highest BCUT2D eigenvalue weighted by atomic mass is 32.2. The zero-order chi connectivity index (χ0) is 40.3. The Labute approximate surface area is 304 Å². The number of hydrogen-bond acceptors (Lipinski definition) is 9. The van der Waals surface area contributed by atoms with Gasteiger partial charge in [-0.3, -0.25) is 19.1 Å². The number of carbonyl (C=O) groups is 3. The molecule has 20 heteroatoms. The Morgan fingerprint density at radius 3 is 2.17 bits per heavy atom. The third kappa shape index (κ3) is 9.17. The van der Waals surface area contributed by atoms with E-state index in [-0.39, 0.29) is 17.9 Å². The monoisotopic (exact) mass is 780 g/mol. The number of halogens is 5. The van der Waals surface area contributed by atoms with Gasteiger partial charge in [0.15, 0.2) is 0 Å². The van der Waals surface area contributed by atoms with Gasteiger partial charge in [-0.1, -0.05) is 6.07 Å². The molecule has 1 atom stereocenters. The molecule has 14 nitrogen and oxygen atoms in total. The molecule has 2 aromatic carbocycles. The van der Waals surface area contributed by atoms with Crippen molar-refractivity contribution >= 4 is 39.2 Å². The number of amides is 2. The third-order valence-electron chi connectivity index (χ3n) is 7.82. The van der Waals surface area contributed by atoms with Crippen molar-refractivity contribution in [3.05, 3.63) is 111 Å². The first-order valence-electron chi connectivity index (χ1n) is 15.8. The number of nitrogens with zero attached hydrogens (tertiary/aromatic N) is 3. The molecule has 0 radical (unpaired) electrons. The standard InChI is InChI=1S/C34H33F5N6O8S/c1-18(2)53-30(48)26(14-19-6-11-27(40-17-19)45-28(46)12-13-44(5)32(45)50)42-29(47)22-15-24(36)25(16-23(22)35)43-54(51,52)21-9-7-20(8-10-21)41-31(49)33(3,4)34(37,38)39/h6-13,15-18,26,43H,14H2,1-5H3,(H,41,49)(H,42,47)/t26-/m0/s1. The number of rotatable bonds is 12. The van der Waals surface area contributed by atoms with Crippen LogP contribution in [0.5, 0.6) is 0 Å². The SMILES string of the molecule is CC(C)OC(=O)[C@H](Cc1ccc(-n2c(=O)ccn(C)c2=O)nc1)NC(=O)c1cc(F)c(NS(=O)(=O)c2ccc(NC(=O)C(C)(C)C(F)(F)F)cc2)cc1F. The number of aromatic nitrogens is 3. The van der Waals surface area contributed by atoms with Crippen molar-refractivity contribution in [3.8, 4) is 5.82 Å². The van der Waals surface area contributed by atoms with Crippen LogP contribution in [-0.4, -0.2) is 58.6 Å². The van der Waals surface area contributed by atoms with Gasteiger partial charge in [0.05, 0.1) is 22.3 Å². The van der Waals surface area contributed by atoms with Crippen LogP contribution in [0.1, 0.15) is 43.6 Å². The predicted octanol–water partition coefficient (Wildman–Crippen LogP) is 3.83. The highest BCUT2D eigenvalue weighted by molar-refractivity contribution is 7.92. The van der Waals surface area contributed by atoms with Crippen LogP contribution < -0.4 is 26.6 Å². The summed E-state index contributed by atoms with van der Waals surface area (Å²) in [6.07, 6.45) is -3.28. The highest BCUT2D eigenvalue weighted by Gasteiger charge is 2.53. The van der Waals surface area contributed by atoms with Gasteiger partial charge in [-0.25, -0.2) is 36.3 Å². The smallest absolute Gasteiger partial charge is 0.402 e. The van der Waals surface area contributed by atoms with Crippen LogP contribution in [-0.2, 0) is 37.8 Å². The number of benzene rings is 2. The molecule has 0 spiro atoms. The van der Waals surface area contributed by atoms with E-state index in [0.717, 1.165) is 39.5 Å². The lowest BCUT2D eigenvalue weighted by atomic mass is 9.91. The average molecular weight is 781 g/mol. The molecular weight excluding hydrogens is 747 g/mol. The molecular formula is C34H33F5N6O8S. The summed E-state index contributed by atoms with van der Waals surface area (Å²) in [7, 11) is -3.21. The Morgan fingerprint density at radius 1 is 0.944 bits per heavy atom. The van der Waals surface area contributed by atoms with Gasteiger partial charge in [0.25, 0.3) is 21.5 Å². The summed E-state index contributed by atoms with van der Waals surface area (Å²) >= 11 is 0. The number of nitrogens with one attached hydrogen (secondary N) is 3. The summed E-state index contributed by atoms with van der Waals surface area (Å²) in [6, 6.07) is 6.97. The third-order valence-corrected chi connectivity index (χ3v) is 9.20. The van der Waals surface area contributed by atoms with Gasteiger partial charge in [0.2, 0.25) is 5.91 Å². The van der Waals surface area contributed by atoms with Crippen LogP contribution in [0.2, 0.25) is 0 Å². The lowest BCUT2D eigenvalue weighted by Gasteiger charge is -2.26. The minimum absolute atomic E-state index is 0.0296. The fraction of sp³-hybridized carbons (Fsp3) is 0.294. The summed E-state index contributed by atoms with van der Waals surface area (Å²) in [5, 5.41) is 4.30. The molecule has 0 aliphatic rings. The van der Waals surface area contributed by atoms with Crippen LogP contribution >= 0.6 is 0 Å². The van der Waals surface area contributed by atoms with E-state index in [9.17, 15) is 45.6 Å². The average Bonchev–Trinajstić information content (AvgIpc) is 3.07. The van der Waals surface area contributed by atoms with E-state index in [1.54, 1.807) is 0 Å². The first kappa shape index (κ1) is 40.8. The number of aryl methyl sites for hydroxylation is 1. The van der Waals surface area contributed by atoms with Crippen molar-refractivity contribution in [2.24, 2.45) is 12.5 Å². The van der Waals surface area contributed by atoms with E-state index in [1.165, 1.54) is 45.4 Å². The summed E-state index contributed by atoms with van der Waals surface area (Å²) in [5.41, 5.74) is -5.77. The van der Waals surface area contributed by atoms with Crippen molar-refractivity contribution in [1.82, 2.24) is 19.4 Å². The minimum Gasteiger partial charge on any atom is -0.461 e. The lowest BCUT2D eigenvalue weighted by molar-refractivity contribution is -0.208. The largest absolute Gasteiger partial charge is 0.461 e. The minimum atomic E-state index is -4.87. The quantitative estimate of drug-likeness (QED) is 0.142. The number of alkyl halides is 3. The van der Waals surface area contributed by atoms with Crippen LogP contribution in [0, 0.1) is 17.0 Å². The maximum atomic E-state index is 15.2. The van der Waals surface area contributed by atoms with Crippen LogP contribution in [0.15, 0.2) is 81.5 Å². The lowest BCUT2D eigenvalue weighted by Crippen LogP contribution is -2.44. The van der Waals surface area contributed by atoms with Crippen LogP contribution in [0.25, 0.3) is 5.82 Å². The van der Waals surface area contributed by atoms with Gasteiger partial charge >= 0.3 is 17.8 Å². The van der Waals surface area contributed by atoms with E-state index < -0.39 is 90.6 Å². The predicted molar refractivity (Wildman–Crippen MR) is 183 cm³/mol. The van der Waals surface area contributed by atoms with Gasteiger partial charge in [0, 0.05) is 43.7 Å². The first-order valence-corrected chi connectivity index (χ1v) is 17.3. The second-order valence-electron chi connectivity index (χ2n) is 12.6. The molecule has 288 valence electrons. The van der Waals surface area contributed by atoms with E-state index >= 15 is 8.78 Å². The summed E-state index contributed by atoms with van der Waals surface area (Å²) in [4.78, 5) is 66.5. The second-order valence-corrected chi connectivity index (χ2v) is 14.3. The van der Waals surface area contributed by atoms with E-state index in [1.807, 2.05) is 10.0 Å². The molecule has 0 unspecified atom stereocenters. The van der Waals surface area contributed by atoms with Gasteiger partial charge < -0.3 is 19.9 Å². The molecule has 0 aliphatic heterocycles. The molecule has 0 saturated carbocycles. The summed E-state index contributed by atoms with van der Waals surface area (Å²) < 4.78 is 105. The topological polar surface area (TPSA) is 188 Å². The molecule has 0 bridgehead atoms. The zero-order valence-corrected chi connectivity index (χ0v) is 29.9. The number of pyridine rings is 1. The fourth-order valence-corrected chi connectivity index (χ4v) is 5.62. The number of hydrogen-bond donors (Lipinski definition) is 3. The molecule has 2 amide bonds. The van der Waals surface area contributed by atoms with E-state index in [4.69, 9.17) is 4.74 Å². The van der Waals surface area contributed by atoms with Gasteiger partial charge in [-0.2, -0.15) is 13.2 Å². The molecule has 0 saturated heterocycles. The van der Waals surface area contributed by atoms with Crippen molar-refractivity contribution in [3.63, 3.8) is 0 Å². The number of carbonyl (C=O) groups excluding carboxylic acids is 3. The zero-order valence-electron chi connectivity index (χ0n) is 29.1. The number of esters is 1. The molecule has 0 fully saturated rings. The van der Waals surface area contributed by atoms with E-state index in [2.05, 4.69) is 10.3 Å². The van der Waals surface area contributed by atoms with Crippen LogP contribution in [0.3, 0.4) is 0 Å². The van der Waals surface area contributed by atoms with Crippen molar-refractivity contribution in [1.29, 1.82) is 0 Å². The molecule has 2 heterocycles. The molecule has 3 N–H and O–H groups in total. The summed E-state index contributed by atoms with van der Waals surface area (Å²) in [6.45, 7) is 4.39. The molecule has 54 heavy (non-hydrogen) atoms. The number of anilines is 2. The normalized spacial score (nSPS) is 12.6. The first-order chi connectivity index (χ1) is 25.0. The molecule has 4 rings (SSSR count). The fourth-order valence-electron chi connectivity index (χ4n) is 4.56. The van der Waals surface area contributed by atoms with Gasteiger partial charge in [-0.15, -0.1) is 0 Å². The molecule has 0 aliphatic carbocycles. The Kier molecular flexibility index (Phi) is 11.8. The van der Waals surface area contributed by atoms with Crippen molar-refractivity contribution in [2.75, 3.05) is 10.0 Å². The van der Waals surface area contributed by atoms with Crippen molar-refractivity contribution < 1.29 is 49.5 Å². The Balaban J connectivity index is 1.51. The maximum absolute atomic E-state index is 15.2. The highest BCUT2D eigenvalue weighted by Crippen LogP contribution is 2.38. The summed E-state index contributed by atoms with van der Waals surface area (Å²) in [5.74, 6) is -6.45. The van der Waals surface area contributed by atoms with Crippen molar-refractivity contribution in [2.45, 2.75) is 57.3 Å². The van der Waals surface area contributed by atoms with E-state index in [0.29, 0.717) is 31.5 Å². The maximum Gasteiger partial charge on any atom is 0.402 e. The Hall–Kier alpha value is -5.92. The molecule has 4 aromatic rings. The second kappa shape index (κ2) is 15.6. The van der Waals surface area contributed by atoms with Gasteiger partial charge in [-0.05, 0) is 69.7 Å². The van der Waals surface area contributed by atoms with Gasteiger partial charge in [0.1, 0.15) is 28.9 Å². The van der Waals surface area contributed by atoms with Crippen LogP contribution in [0.4, 0.5) is 33.3 Å². The Bertz CT molecular complexity index is 2310. The Morgan fingerprint density at radius 2 is 1.59 bits per heavy atom. The number of ether oxygens (including phenoxy) is 1. The molecule has 2 aromatic heterocycles. The number of sulfonamides is 1.